The number of nitrogens with two attached hydrogens (primary N) is 1. The zero-order valence-corrected chi connectivity index (χ0v) is 10.4. The van der Waals surface area contributed by atoms with Crippen molar-refractivity contribution in [1.29, 1.82) is 0 Å². The van der Waals surface area contributed by atoms with Gasteiger partial charge in [0.1, 0.15) is 0 Å². The molecule has 0 bridgehead atoms. The minimum absolute atomic E-state index is 0.858. The molecule has 0 unspecified atom stereocenters. The Kier molecular flexibility index (Phi) is 3.33. The molecule has 0 aliphatic carbocycles. The fraction of sp³-hybridized carbons (Fsp3) is 0.200. The van der Waals surface area contributed by atoms with E-state index in [0.717, 1.165) is 17.8 Å². The summed E-state index contributed by atoms with van der Waals surface area (Å²) in [7, 11) is 2.10. The molecule has 0 amide bonds. The first-order valence-electron chi connectivity index (χ1n) is 5.78. The van der Waals surface area contributed by atoms with Gasteiger partial charge in [-0.3, -0.25) is 0 Å². The standard InChI is InChI=1S/C15H18N2/c1-12-10-13(8-9-15(12)16)11-17(2)14-6-4-3-5-7-14/h3-10H,11,16H2,1-2H3. The minimum Gasteiger partial charge on any atom is -0.399 e. The van der Waals surface area contributed by atoms with E-state index in [1.165, 1.54) is 11.3 Å². The van der Waals surface area contributed by atoms with Crippen molar-refractivity contribution in [2.75, 3.05) is 17.7 Å². The van der Waals surface area contributed by atoms with Gasteiger partial charge in [0.05, 0.1) is 0 Å². The molecule has 0 aliphatic heterocycles. The molecule has 2 rings (SSSR count). The van der Waals surface area contributed by atoms with Crippen LogP contribution in [0.15, 0.2) is 48.5 Å². The Bertz CT molecular complexity index is 492. The van der Waals surface area contributed by atoms with Crippen LogP contribution in [-0.2, 0) is 6.54 Å². The zero-order valence-electron chi connectivity index (χ0n) is 10.4. The van der Waals surface area contributed by atoms with Crippen molar-refractivity contribution >= 4 is 11.4 Å². The molecule has 0 saturated carbocycles. The van der Waals surface area contributed by atoms with E-state index in [1.807, 2.05) is 19.1 Å². The first-order chi connectivity index (χ1) is 8.16. The highest BCUT2D eigenvalue weighted by molar-refractivity contribution is 5.50. The number of hydrogen-bond acceptors (Lipinski definition) is 2. The van der Waals surface area contributed by atoms with Gasteiger partial charge in [0.25, 0.3) is 0 Å². The van der Waals surface area contributed by atoms with Crippen molar-refractivity contribution in [3.63, 3.8) is 0 Å². The highest BCUT2D eigenvalue weighted by Gasteiger charge is 2.02. The van der Waals surface area contributed by atoms with Crippen LogP contribution in [0.2, 0.25) is 0 Å². The number of nitrogens with zero attached hydrogens (tertiary/aromatic N) is 1. The van der Waals surface area contributed by atoms with Crippen LogP contribution in [0, 0.1) is 6.92 Å². The summed E-state index contributed by atoms with van der Waals surface area (Å²) in [6.45, 7) is 2.94. The maximum Gasteiger partial charge on any atom is 0.0426 e. The van der Waals surface area contributed by atoms with Gasteiger partial charge in [-0.15, -0.1) is 0 Å². The summed E-state index contributed by atoms with van der Waals surface area (Å²) in [5, 5.41) is 0. The molecule has 0 saturated heterocycles. The molecule has 0 radical (unpaired) electrons. The number of nitrogen functional groups attached to an aromatic ring is 1. The molecule has 88 valence electrons. The van der Waals surface area contributed by atoms with Crippen LogP contribution in [0.1, 0.15) is 11.1 Å². The normalized spacial score (nSPS) is 10.2. The van der Waals surface area contributed by atoms with Crippen LogP contribution in [0.3, 0.4) is 0 Å². The molecule has 2 nitrogen and oxygen atoms in total. The van der Waals surface area contributed by atoms with Crippen LogP contribution in [0.25, 0.3) is 0 Å². The van der Waals surface area contributed by atoms with Gasteiger partial charge < -0.3 is 10.6 Å². The summed E-state index contributed by atoms with van der Waals surface area (Å²) in [5.74, 6) is 0. The fourth-order valence-electron chi connectivity index (χ4n) is 1.88. The second-order valence-corrected chi connectivity index (χ2v) is 4.38. The molecule has 0 aliphatic rings. The summed E-state index contributed by atoms with van der Waals surface area (Å²) in [5.41, 5.74) is 10.3. The van der Waals surface area contributed by atoms with Gasteiger partial charge in [-0.1, -0.05) is 30.3 Å². The lowest BCUT2D eigenvalue weighted by atomic mass is 10.1. The monoisotopic (exact) mass is 226 g/mol. The molecule has 2 heteroatoms. The van der Waals surface area contributed by atoms with Crippen LogP contribution in [0.4, 0.5) is 11.4 Å². The molecule has 0 atom stereocenters. The lowest BCUT2D eigenvalue weighted by Crippen LogP contribution is -2.16. The summed E-state index contributed by atoms with van der Waals surface area (Å²) in [4.78, 5) is 2.23. The summed E-state index contributed by atoms with van der Waals surface area (Å²) in [6.07, 6.45) is 0. The molecule has 0 fully saturated rings. The fourth-order valence-corrected chi connectivity index (χ4v) is 1.88. The van der Waals surface area contributed by atoms with E-state index in [9.17, 15) is 0 Å². The van der Waals surface area contributed by atoms with Crippen molar-refractivity contribution in [2.24, 2.45) is 0 Å². The number of hydrogen-bond donors (Lipinski definition) is 1. The second kappa shape index (κ2) is 4.91. The molecule has 0 spiro atoms. The SMILES string of the molecule is Cc1cc(CN(C)c2ccccc2)ccc1N. The Balaban J connectivity index is 2.13. The molecule has 2 aromatic carbocycles. The third-order valence-corrected chi connectivity index (χ3v) is 2.95. The first-order valence-corrected chi connectivity index (χ1v) is 5.78. The Morgan fingerprint density at radius 3 is 2.41 bits per heavy atom. The van der Waals surface area contributed by atoms with E-state index < -0.39 is 0 Å². The van der Waals surface area contributed by atoms with Crippen molar-refractivity contribution in [3.05, 3.63) is 59.7 Å². The van der Waals surface area contributed by atoms with Crippen molar-refractivity contribution in [2.45, 2.75) is 13.5 Å². The van der Waals surface area contributed by atoms with Gasteiger partial charge in [-0.05, 0) is 36.2 Å². The number of benzene rings is 2. The maximum atomic E-state index is 5.82. The lowest BCUT2D eigenvalue weighted by molar-refractivity contribution is 0.922. The third-order valence-electron chi connectivity index (χ3n) is 2.95. The highest BCUT2D eigenvalue weighted by Crippen LogP contribution is 2.17. The number of aryl methyl sites for hydroxylation is 1. The molecular weight excluding hydrogens is 208 g/mol. The average molecular weight is 226 g/mol. The quantitative estimate of drug-likeness (QED) is 0.814. The number of para-hydroxylation sites is 1. The Morgan fingerprint density at radius 1 is 1.06 bits per heavy atom. The Labute approximate surface area is 103 Å². The molecular formula is C15H18N2. The predicted octanol–water partition coefficient (Wildman–Crippen LogP) is 3.21. The van der Waals surface area contributed by atoms with Gasteiger partial charge in [0.15, 0.2) is 0 Å². The molecule has 0 heterocycles. The van der Waals surface area contributed by atoms with Crippen LogP contribution in [-0.4, -0.2) is 7.05 Å². The largest absolute Gasteiger partial charge is 0.399 e. The molecule has 17 heavy (non-hydrogen) atoms. The van der Waals surface area contributed by atoms with Crippen LogP contribution < -0.4 is 10.6 Å². The van der Waals surface area contributed by atoms with E-state index in [1.54, 1.807) is 0 Å². The Hall–Kier alpha value is -1.96. The minimum atomic E-state index is 0.858. The van der Waals surface area contributed by atoms with Crippen LogP contribution >= 0.6 is 0 Å². The maximum absolute atomic E-state index is 5.82. The number of rotatable bonds is 3. The summed E-state index contributed by atoms with van der Waals surface area (Å²) in [6, 6.07) is 16.6. The Morgan fingerprint density at radius 2 is 1.76 bits per heavy atom. The smallest absolute Gasteiger partial charge is 0.0426 e. The average Bonchev–Trinajstić information content (AvgIpc) is 2.35. The summed E-state index contributed by atoms with van der Waals surface area (Å²) >= 11 is 0. The van der Waals surface area contributed by atoms with E-state index >= 15 is 0 Å². The molecule has 2 aromatic rings. The van der Waals surface area contributed by atoms with Crippen LogP contribution in [0.5, 0.6) is 0 Å². The zero-order chi connectivity index (χ0) is 12.3. The molecule has 2 N–H and O–H groups in total. The van der Waals surface area contributed by atoms with E-state index in [0.29, 0.717) is 0 Å². The number of anilines is 2. The third kappa shape index (κ3) is 2.78. The topological polar surface area (TPSA) is 29.3 Å². The van der Waals surface area contributed by atoms with E-state index in [2.05, 4.69) is 48.3 Å². The van der Waals surface area contributed by atoms with Gasteiger partial charge in [0, 0.05) is 25.0 Å². The van der Waals surface area contributed by atoms with Crippen molar-refractivity contribution in [1.82, 2.24) is 0 Å². The van der Waals surface area contributed by atoms with Gasteiger partial charge >= 0.3 is 0 Å². The lowest BCUT2D eigenvalue weighted by Gasteiger charge is -2.19. The van der Waals surface area contributed by atoms with Gasteiger partial charge in [0.2, 0.25) is 0 Å². The highest BCUT2D eigenvalue weighted by atomic mass is 15.1. The van der Waals surface area contributed by atoms with Gasteiger partial charge in [-0.2, -0.15) is 0 Å². The van der Waals surface area contributed by atoms with Crippen molar-refractivity contribution < 1.29 is 0 Å². The second-order valence-electron chi connectivity index (χ2n) is 4.38. The van der Waals surface area contributed by atoms with E-state index in [4.69, 9.17) is 5.73 Å². The predicted molar refractivity (Wildman–Crippen MR) is 74.1 cm³/mol. The molecule has 0 aromatic heterocycles. The summed E-state index contributed by atoms with van der Waals surface area (Å²) < 4.78 is 0. The van der Waals surface area contributed by atoms with Crippen molar-refractivity contribution in [3.8, 4) is 0 Å². The van der Waals surface area contributed by atoms with Gasteiger partial charge in [-0.25, -0.2) is 0 Å². The first kappa shape index (κ1) is 11.5. The van der Waals surface area contributed by atoms with E-state index in [-0.39, 0.29) is 0 Å².